The summed E-state index contributed by atoms with van der Waals surface area (Å²) < 4.78 is 1.23. The minimum Gasteiger partial charge on any atom is -0.330 e. The van der Waals surface area contributed by atoms with Crippen LogP contribution in [0.15, 0.2) is 40.2 Å². The fourth-order valence-electron chi connectivity index (χ4n) is 2.99. The molecule has 0 bridgehead atoms. The van der Waals surface area contributed by atoms with Crippen molar-refractivity contribution in [3.8, 4) is 0 Å². The molecule has 1 aliphatic carbocycles. The Morgan fingerprint density at radius 1 is 1.28 bits per heavy atom. The number of nitrogens with two attached hydrogens (primary N) is 1. The SMILES string of the molecule is NCC1(Cc2sccc2Br)CCc2ccccc21. The van der Waals surface area contributed by atoms with Crippen LogP contribution in [-0.2, 0) is 18.3 Å². The fourth-order valence-corrected chi connectivity index (χ4v) is 4.63. The van der Waals surface area contributed by atoms with Crippen molar-refractivity contribution in [1.29, 1.82) is 0 Å². The van der Waals surface area contributed by atoms with Crippen LogP contribution in [0, 0.1) is 0 Å². The van der Waals surface area contributed by atoms with Crippen LogP contribution in [-0.4, -0.2) is 6.54 Å². The lowest BCUT2D eigenvalue weighted by Crippen LogP contribution is -2.35. The van der Waals surface area contributed by atoms with E-state index in [1.807, 2.05) is 11.3 Å². The van der Waals surface area contributed by atoms with E-state index in [1.54, 1.807) is 0 Å². The summed E-state index contributed by atoms with van der Waals surface area (Å²) in [6, 6.07) is 10.9. The van der Waals surface area contributed by atoms with Gasteiger partial charge in [0.15, 0.2) is 0 Å². The molecule has 0 saturated heterocycles. The first-order chi connectivity index (χ1) is 8.75. The first-order valence-corrected chi connectivity index (χ1v) is 7.93. The molecule has 94 valence electrons. The molecule has 1 unspecified atom stereocenters. The molecule has 0 fully saturated rings. The molecule has 0 radical (unpaired) electrons. The largest absolute Gasteiger partial charge is 0.330 e. The minimum absolute atomic E-state index is 0.143. The van der Waals surface area contributed by atoms with Crippen LogP contribution >= 0.6 is 27.3 Å². The summed E-state index contributed by atoms with van der Waals surface area (Å²) >= 11 is 5.46. The highest BCUT2D eigenvalue weighted by molar-refractivity contribution is 9.10. The van der Waals surface area contributed by atoms with Crippen molar-refractivity contribution in [3.63, 3.8) is 0 Å². The van der Waals surface area contributed by atoms with Gasteiger partial charge in [-0.25, -0.2) is 0 Å². The molecule has 1 nitrogen and oxygen atoms in total. The summed E-state index contributed by atoms with van der Waals surface area (Å²) in [6.07, 6.45) is 3.39. The molecular formula is C15H16BrNS. The summed E-state index contributed by atoms with van der Waals surface area (Å²) in [7, 11) is 0. The Morgan fingerprint density at radius 3 is 2.83 bits per heavy atom. The maximum absolute atomic E-state index is 6.14. The second kappa shape index (κ2) is 4.80. The lowest BCUT2D eigenvalue weighted by atomic mass is 9.78. The van der Waals surface area contributed by atoms with Gasteiger partial charge in [-0.2, -0.15) is 0 Å². The van der Waals surface area contributed by atoms with Crippen LogP contribution < -0.4 is 5.73 Å². The molecule has 0 amide bonds. The molecular weight excluding hydrogens is 306 g/mol. The van der Waals surface area contributed by atoms with Gasteiger partial charge in [-0.15, -0.1) is 11.3 Å². The molecule has 1 atom stereocenters. The molecule has 1 aromatic heterocycles. The third-order valence-electron chi connectivity index (χ3n) is 4.04. The molecule has 18 heavy (non-hydrogen) atoms. The van der Waals surface area contributed by atoms with Gasteiger partial charge >= 0.3 is 0 Å². The Kier molecular flexibility index (Phi) is 3.31. The molecule has 3 rings (SSSR count). The van der Waals surface area contributed by atoms with Crippen LogP contribution in [0.3, 0.4) is 0 Å². The molecule has 0 saturated carbocycles. The lowest BCUT2D eigenvalue weighted by molar-refractivity contribution is 0.434. The van der Waals surface area contributed by atoms with Crippen LogP contribution in [0.1, 0.15) is 22.4 Å². The molecule has 2 N–H and O–H groups in total. The fraction of sp³-hybridized carbons (Fsp3) is 0.333. The third-order valence-corrected chi connectivity index (χ3v) is 5.97. The van der Waals surface area contributed by atoms with Gasteiger partial charge in [0.05, 0.1) is 0 Å². The molecule has 1 aliphatic rings. The number of halogens is 1. The van der Waals surface area contributed by atoms with Crippen molar-refractivity contribution in [2.24, 2.45) is 5.73 Å². The quantitative estimate of drug-likeness (QED) is 0.911. The van der Waals surface area contributed by atoms with Gasteiger partial charge in [-0.3, -0.25) is 0 Å². The van der Waals surface area contributed by atoms with Gasteiger partial charge in [0.1, 0.15) is 0 Å². The molecule has 3 heteroatoms. The zero-order valence-corrected chi connectivity index (χ0v) is 12.6. The summed E-state index contributed by atoms with van der Waals surface area (Å²) in [4.78, 5) is 1.41. The Bertz CT molecular complexity index is 563. The topological polar surface area (TPSA) is 26.0 Å². The zero-order chi connectivity index (χ0) is 12.6. The standard InChI is InChI=1S/C15H16BrNS/c16-13-6-8-18-14(13)9-15(10-17)7-5-11-3-1-2-4-12(11)15/h1-4,6,8H,5,7,9-10,17H2. The average Bonchev–Trinajstić information content (AvgIpc) is 2.96. The number of fused-ring (bicyclic) bond motifs is 1. The minimum atomic E-state index is 0.143. The van der Waals surface area contributed by atoms with Crippen LogP contribution in [0.5, 0.6) is 0 Å². The van der Waals surface area contributed by atoms with E-state index in [2.05, 4.69) is 51.6 Å². The van der Waals surface area contributed by atoms with Crippen molar-refractivity contribution in [3.05, 3.63) is 56.2 Å². The summed E-state index contributed by atoms with van der Waals surface area (Å²) in [5.74, 6) is 0. The van der Waals surface area contributed by atoms with E-state index in [1.165, 1.54) is 26.9 Å². The number of thiophene rings is 1. The van der Waals surface area contributed by atoms with E-state index in [9.17, 15) is 0 Å². The maximum atomic E-state index is 6.14. The first kappa shape index (κ1) is 12.4. The highest BCUT2D eigenvalue weighted by Gasteiger charge is 2.37. The van der Waals surface area contributed by atoms with Gasteiger partial charge in [0.25, 0.3) is 0 Å². The summed E-state index contributed by atoms with van der Waals surface area (Å²) in [5.41, 5.74) is 9.23. The molecule has 2 aromatic rings. The van der Waals surface area contributed by atoms with E-state index in [-0.39, 0.29) is 5.41 Å². The maximum Gasteiger partial charge on any atom is 0.0314 e. The van der Waals surface area contributed by atoms with Crippen LogP contribution in [0.25, 0.3) is 0 Å². The number of benzene rings is 1. The van der Waals surface area contributed by atoms with Crippen molar-refractivity contribution in [2.75, 3.05) is 6.54 Å². The van der Waals surface area contributed by atoms with Gasteiger partial charge in [-0.05, 0) is 57.8 Å². The van der Waals surface area contributed by atoms with Crippen molar-refractivity contribution >= 4 is 27.3 Å². The summed E-state index contributed by atoms with van der Waals surface area (Å²) in [6.45, 7) is 0.731. The van der Waals surface area contributed by atoms with Crippen molar-refractivity contribution in [2.45, 2.75) is 24.7 Å². The molecule has 1 heterocycles. The van der Waals surface area contributed by atoms with E-state index in [0.29, 0.717) is 0 Å². The highest BCUT2D eigenvalue weighted by Crippen LogP contribution is 2.42. The zero-order valence-electron chi connectivity index (χ0n) is 10.2. The van der Waals surface area contributed by atoms with Crippen LogP contribution in [0.4, 0.5) is 0 Å². The molecule has 0 aliphatic heterocycles. The van der Waals surface area contributed by atoms with E-state index in [0.717, 1.165) is 19.4 Å². The highest BCUT2D eigenvalue weighted by atomic mass is 79.9. The molecule has 0 spiro atoms. The smallest absolute Gasteiger partial charge is 0.0314 e. The number of hydrogen-bond acceptors (Lipinski definition) is 2. The van der Waals surface area contributed by atoms with Gasteiger partial charge in [0.2, 0.25) is 0 Å². The van der Waals surface area contributed by atoms with E-state index >= 15 is 0 Å². The van der Waals surface area contributed by atoms with E-state index in [4.69, 9.17) is 5.73 Å². The second-order valence-electron chi connectivity index (χ2n) is 5.01. The average molecular weight is 322 g/mol. The van der Waals surface area contributed by atoms with Crippen molar-refractivity contribution in [1.82, 2.24) is 0 Å². The normalized spacial score (nSPS) is 22.1. The predicted octanol–water partition coefficient (Wildman–Crippen LogP) is 3.90. The summed E-state index contributed by atoms with van der Waals surface area (Å²) in [5, 5.41) is 2.14. The molecule has 1 aromatic carbocycles. The van der Waals surface area contributed by atoms with Crippen molar-refractivity contribution < 1.29 is 0 Å². The second-order valence-corrected chi connectivity index (χ2v) is 6.87. The Balaban J connectivity index is 2.00. The number of hydrogen-bond donors (Lipinski definition) is 1. The Morgan fingerprint density at radius 2 is 2.11 bits per heavy atom. The monoisotopic (exact) mass is 321 g/mol. The Labute approximate surface area is 120 Å². The number of rotatable bonds is 3. The van der Waals surface area contributed by atoms with Gasteiger partial charge in [-0.1, -0.05) is 24.3 Å². The van der Waals surface area contributed by atoms with Gasteiger partial charge in [0, 0.05) is 21.3 Å². The predicted molar refractivity (Wildman–Crippen MR) is 81.2 cm³/mol. The number of aryl methyl sites for hydroxylation is 1. The van der Waals surface area contributed by atoms with Gasteiger partial charge < -0.3 is 5.73 Å². The lowest BCUT2D eigenvalue weighted by Gasteiger charge is -2.28. The third kappa shape index (κ3) is 1.94. The Hall–Kier alpha value is -0.640. The van der Waals surface area contributed by atoms with E-state index < -0.39 is 0 Å². The first-order valence-electron chi connectivity index (χ1n) is 6.25. The van der Waals surface area contributed by atoms with Crippen LogP contribution in [0.2, 0.25) is 0 Å².